The molecule has 0 bridgehead atoms. The number of fused-ring (bicyclic) bond motifs is 1. The molecule has 0 saturated carbocycles. The second-order valence-electron chi connectivity index (χ2n) is 5.07. The number of carboxylic acid groups (broad SMARTS) is 1. The number of carbonyl (C=O) groups is 1. The Hall–Kier alpha value is -2.84. The Labute approximate surface area is 152 Å². The van der Waals surface area contributed by atoms with Crippen LogP contribution in [0.4, 0.5) is 24.5 Å². The molecule has 0 atom stereocenters. The number of hydrogen-bond donors (Lipinski definition) is 2. The summed E-state index contributed by atoms with van der Waals surface area (Å²) in [5.74, 6) is -1.05. The lowest BCUT2D eigenvalue weighted by Crippen LogP contribution is -2.07. The van der Waals surface area contributed by atoms with Crippen LogP contribution in [0.3, 0.4) is 0 Å². The fourth-order valence-corrected chi connectivity index (χ4v) is 2.37. The van der Waals surface area contributed by atoms with E-state index in [1.54, 1.807) is 24.3 Å². The summed E-state index contributed by atoms with van der Waals surface area (Å²) in [6.45, 7) is 0. The highest BCUT2D eigenvalue weighted by molar-refractivity contribution is 5.95. The molecule has 0 aliphatic carbocycles. The molecule has 4 N–H and O–H groups in total. The SMILES string of the molecule is Cl.O.O=C(O)c1ccc(Nc2ccnc3c(C(F)(F)F)cccc23)cc1. The van der Waals surface area contributed by atoms with Crippen molar-refractivity contribution in [3.05, 3.63) is 65.9 Å². The summed E-state index contributed by atoms with van der Waals surface area (Å²) >= 11 is 0. The van der Waals surface area contributed by atoms with Crippen LogP contribution < -0.4 is 5.32 Å². The summed E-state index contributed by atoms with van der Waals surface area (Å²) in [5, 5.41) is 12.2. The van der Waals surface area contributed by atoms with Gasteiger partial charge in [0.05, 0.1) is 16.6 Å². The van der Waals surface area contributed by atoms with Gasteiger partial charge in [-0.05, 0) is 36.4 Å². The smallest absolute Gasteiger partial charge is 0.418 e. The van der Waals surface area contributed by atoms with Gasteiger partial charge in [-0.15, -0.1) is 12.4 Å². The highest BCUT2D eigenvalue weighted by atomic mass is 35.5. The van der Waals surface area contributed by atoms with Gasteiger partial charge in [0.2, 0.25) is 0 Å². The number of aromatic nitrogens is 1. The van der Waals surface area contributed by atoms with Gasteiger partial charge in [0.1, 0.15) is 0 Å². The average Bonchev–Trinajstić information content (AvgIpc) is 2.54. The number of anilines is 2. The van der Waals surface area contributed by atoms with E-state index in [0.717, 1.165) is 6.07 Å². The Balaban J connectivity index is 0.00000169. The van der Waals surface area contributed by atoms with Crippen LogP contribution in [0, 0.1) is 0 Å². The Morgan fingerprint density at radius 2 is 1.69 bits per heavy atom. The Morgan fingerprint density at radius 3 is 2.27 bits per heavy atom. The van der Waals surface area contributed by atoms with E-state index in [2.05, 4.69) is 10.3 Å². The van der Waals surface area contributed by atoms with Crippen LogP contribution in [0.5, 0.6) is 0 Å². The largest absolute Gasteiger partial charge is 0.478 e. The summed E-state index contributed by atoms with van der Waals surface area (Å²) in [6, 6.07) is 11.3. The molecule has 0 fully saturated rings. The number of nitrogens with one attached hydrogen (secondary N) is 1. The van der Waals surface area contributed by atoms with Gasteiger partial charge in [-0.2, -0.15) is 13.2 Å². The molecule has 0 saturated heterocycles. The van der Waals surface area contributed by atoms with Crippen molar-refractivity contribution >= 4 is 40.7 Å². The van der Waals surface area contributed by atoms with Crippen molar-refractivity contribution in [1.29, 1.82) is 0 Å². The van der Waals surface area contributed by atoms with Crippen molar-refractivity contribution in [2.24, 2.45) is 0 Å². The molecule has 0 unspecified atom stereocenters. The molecular formula is C17H14ClF3N2O3. The molecule has 0 aliphatic rings. The van der Waals surface area contributed by atoms with Crippen molar-refractivity contribution in [2.45, 2.75) is 6.18 Å². The van der Waals surface area contributed by atoms with Gasteiger partial charge in [0, 0.05) is 23.0 Å². The third kappa shape index (κ3) is 4.22. The lowest BCUT2D eigenvalue weighted by Gasteiger charge is -2.13. The molecule has 5 nitrogen and oxygen atoms in total. The second kappa shape index (κ2) is 8.03. The van der Waals surface area contributed by atoms with Crippen molar-refractivity contribution in [3.63, 3.8) is 0 Å². The third-order valence-electron chi connectivity index (χ3n) is 3.49. The first kappa shape index (κ1) is 21.2. The van der Waals surface area contributed by atoms with E-state index in [9.17, 15) is 18.0 Å². The molecule has 3 aromatic rings. The molecule has 0 spiro atoms. The highest BCUT2D eigenvalue weighted by Crippen LogP contribution is 2.36. The number of halogens is 4. The van der Waals surface area contributed by atoms with E-state index < -0.39 is 17.7 Å². The van der Waals surface area contributed by atoms with Gasteiger partial charge in [0.15, 0.2) is 0 Å². The minimum Gasteiger partial charge on any atom is -0.478 e. The lowest BCUT2D eigenvalue weighted by molar-refractivity contribution is -0.136. The molecular weight excluding hydrogens is 373 g/mol. The molecule has 1 heterocycles. The predicted molar refractivity (Wildman–Crippen MR) is 94.3 cm³/mol. The zero-order chi connectivity index (χ0) is 17.3. The molecule has 2 aromatic carbocycles. The van der Waals surface area contributed by atoms with Gasteiger partial charge >= 0.3 is 12.1 Å². The van der Waals surface area contributed by atoms with Crippen LogP contribution in [-0.4, -0.2) is 21.5 Å². The van der Waals surface area contributed by atoms with Crippen molar-refractivity contribution in [3.8, 4) is 0 Å². The first-order chi connectivity index (χ1) is 11.4. The zero-order valence-corrected chi connectivity index (χ0v) is 13.9. The van der Waals surface area contributed by atoms with Gasteiger partial charge < -0.3 is 15.9 Å². The van der Waals surface area contributed by atoms with Crippen LogP contribution in [-0.2, 0) is 6.18 Å². The minimum absolute atomic E-state index is 0. The summed E-state index contributed by atoms with van der Waals surface area (Å²) < 4.78 is 39.2. The topological polar surface area (TPSA) is 93.7 Å². The van der Waals surface area contributed by atoms with E-state index in [4.69, 9.17) is 5.11 Å². The second-order valence-corrected chi connectivity index (χ2v) is 5.07. The number of pyridine rings is 1. The van der Waals surface area contributed by atoms with Gasteiger partial charge in [-0.25, -0.2) is 4.79 Å². The summed E-state index contributed by atoms with van der Waals surface area (Å²) in [7, 11) is 0. The third-order valence-corrected chi connectivity index (χ3v) is 3.49. The summed E-state index contributed by atoms with van der Waals surface area (Å²) in [6.07, 6.45) is -3.19. The first-order valence-corrected chi connectivity index (χ1v) is 6.91. The molecule has 0 aliphatic heterocycles. The van der Waals surface area contributed by atoms with E-state index >= 15 is 0 Å². The highest BCUT2D eigenvalue weighted by Gasteiger charge is 2.33. The first-order valence-electron chi connectivity index (χ1n) is 6.91. The molecule has 138 valence electrons. The number of hydrogen-bond acceptors (Lipinski definition) is 3. The van der Waals surface area contributed by atoms with E-state index in [1.807, 2.05) is 0 Å². The molecule has 0 radical (unpaired) electrons. The number of aromatic carboxylic acids is 1. The monoisotopic (exact) mass is 386 g/mol. The Bertz CT molecular complexity index is 915. The molecule has 9 heteroatoms. The lowest BCUT2D eigenvalue weighted by atomic mass is 10.1. The average molecular weight is 387 g/mol. The number of carboxylic acids is 1. The summed E-state index contributed by atoms with van der Waals surface area (Å²) in [5.41, 5.74) is 0.195. The zero-order valence-electron chi connectivity index (χ0n) is 13.0. The van der Waals surface area contributed by atoms with Crippen LogP contribution in [0.15, 0.2) is 54.7 Å². The van der Waals surface area contributed by atoms with E-state index in [-0.39, 0.29) is 29.0 Å². The van der Waals surface area contributed by atoms with Crippen LogP contribution >= 0.6 is 12.4 Å². The van der Waals surface area contributed by atoms with E-state index in [1.165, 1.54) is 24.4 Å². The molecule has 1 aromatic heterocycles. The molecule has 0 amide bonds. The number of para-hydroxylation sites is 1. The van der Waals surface area contributed by atoms with E-state index in [0.29, 0.717) is 16.8 Å². The summed E-state index contributed by atoms with van der Waals surface area (Å²) in [4.78, 5) is 14.7. The minimum atomic E-state index is -4.49. The number of rotatable bonds is 3. The standard InChI is InChI=1S/C17H11F3N2O2.ClH.H2O/c18-17(19,20)13-3-1-2-12-14(8-9-21-15(12)13)22-11-6-4-10(5-7-11)16(23)24;;/h1-9H,(H,21,22)(H,23,24);1H;1H2. The normalized spacial score (nSPS) is 10.6. The quantitative estimate of drug-likeness (QED) is 0.702. The number of alkyl halides is 3. The Morgan fingerprint density at radius 1 is 1.04 bits per heavy atom. The molecule has 26 heavy (non-hydrogen) atoms. The predicted octanol–water partition coefficient (Wildman–Crippen LogP) is 4.29. The van der Waals surface area contributed by atoms with Gasteiger partial charge in [-0.3, -0.25) is 4.98 Å². The van der Waals surface area contributed by atoms with Crippen molar-refractivity contribution in [2.75, 3.05) is 5.32 Å². The van der Waals surface area contributed by atoms with Crippen molar-refractivity contribution in [1.82, 2.24) is 4.98 Å². The fraction of sp³-hybridized carbons (Fsp3) is 0.0588. The maximum Gasteiger partial charge on any atom is 0.418 e. The van der Waals surface area contributed by atoms with Crippen LogP contribution in [0.1, 0.15) is 15.9 Å². The molecule has 3 rings (SSSR count). The maximum absolute atomic E-state index is 13.1. The maximum atomic E-state index is 13.1. The number of benzene rings is 2. The van der Waals surface area contributed by atoms with Gasteiger partial charge in [-0.1, -0.05) is 12.1 Å². The van der Waals surface area contributed by atoms with Crippen molar-refractivity contribution < 1.29 is 28.5 Å². The number of nitrogens with zero attached hydrogens (tertiary/aromatic N) is 1. The fourth-order valence-electron chi connectivity index (χ4n) is 2.37. The van der Waals surface area contributed by atoms with Crippen LogP contribution in [0.25, 0.3) is 10.9 Å². The van der Waals surface area contributed by atoms with Crippen LogP contribution in [0.2, 0.25) is 0 Å². The Kier molecular flexibility index (Phi) is 6.55. The van der Waals surface area contributed by atoms with Gasteiger partial charge in [0.25, 0.3) is 0 Å².